The third kappa shape index (κ3) is 4.59. The second kappa shape index (κ2) is 4.79. The molecule has 0 aromatic carbocycles. The van der Waals surface area contributed by atoms with Gasteiger partial charge in [-0.1, -0.05) is 0 Å². The van der Waals surface area contributed by atoms with Gasteiger partial charge in [-0.2, -0.15) is 0 Å². The van der Waals surface area contributed by atoms with E-state index in [4.69, 9.17) is 15.4 Å². The molecule has 6 heteroatoms. The lowest BCUT2D eigenvalue weighted by molar-refractivity contribution is -0.0661. The van der Waals surface area contributed by atoms with Crippen LogP contribution in [0.15, 0.2) is 0 Å². The zero-order chi connectivity index (χ0) is 10.8. The van der Waals surface area contributed by atoms with E-state index in [1.807, 2.05) is 13.8 Å². The fourth-order valence-electron chi connectivity index (χ4n) is 1.71. The van der Waals surface area contributed by atoms with Crippen LogP contribution < -0.4 is 0 Å². The number of rotatable bonds is 3. The Morgan fingerprint density at radius 2 is 1.86 bits per heavy atom. The van der Waals surface area contributed by atoms with Crippen LogP contribution in [0.3, 0.4) is 0 Å². The highest BCUT2D eigenvalue weighted by Crippen LogP contribution is 2.10. The van der Waals surface area contributed by atoms with Gasteiger partial charge in [0, 0.05) is 30.3 Å². The summed E-state index contributed by atoms with van der Waals surface area (Å²) in [6, 6.07) is 0. The zero-order valence-corrected chi connectivity index (χ0v) is 10.0. The van der Waals surface area contributed by atoms with Crippen LogP contribution in [0.1, 0.15) is 13.8 Å². The van der Waals surface area contributed by atoms with Crippen molar-refractivity contribution in [3.05, 3.63) is 0 Å². The molecule has 1 rings (SSSR count). The lowest BCUT2D eigenvalue weighted by Gasteiger charge is -2.34. The smallest absolute Gasteiger partial charge is 0.233 e. The highest BCUT2D eigenvalue weighted by molar-refractivity contribution is 8.13. The number of hydrogen-bond donors (Lipinski definition) is 0. The molecule has 0 saturated carbocycles. The van der Waals surface area contributed by atoms with E-state index in [-0.39, 0.29) is 18.0 Å². The number of ether oxygens (including phenoxy) is 1. The first-order chi connectivity index (χ1) is 6.37. The predicted octanol–water partition coefficient (Wildman–Crippen LogP) is 0.664. The SMILES string of the molecule is CC1CN(CCS(=O)(=O)Cl)CC(C)O1. The molecule has 0 aliphatic carbocycles. The first-order valence-corrected chi connectivity index (χ1v) is 7.15. The van der Waals surface area contributed by atoms with Gasteiger partial charge in [0.05, 0.1) is 18.0 Å². The van der Waals surface area contributed by atoms with E-state index < -0.39 is 9.05 Å². The summed E-state index contributed by atoms with van der Waals surface area (Å²) in [7, 11) is 1.77. The van der Waals surface area contributed by atoms with E-state index in [0.717, 1.165) is 13.1 Å². The molecule has 2 unspecified atom stereocenters. The Morgan fingerprint density at radius 1 is 1.36 bits per heavy atom. The van der Waals surface area contributed by atoms with Gasteiger partial charge in [-0.25, -0.2) is 8.42 Å². The van der Waals surface area contributed by atoms with Gasteiger partial charge in [0.1, 0.15) is 0 Å². The lowest BCUT2D eigenvalue weighted by atomic mass is 10.2. The fourth-order valence-corrected chi connectivity index (χ4v) is 2.39. The Labute approximate surface area is 89.6 Å². The molecule has 0 bridgehead atoms. The second-order valence-electron chi connectivity index (χ2n) is 3.76. The van der Waals surface area contributed by atoms with Crippen LogP contribution in [0.2, 0.25) is 0 Å². The van der Waals surface area contributed by atoms with Crippen molar-refractivity contribution < 1.29 is 13.2 Å². The van der Waals surface area contributed by atoms with Crippen molar-refractivity contribution in [1.29, 1.82) is 0 Å². The van der Waals surface area contributed by atoms with Crippen molar-refractivity contribution in [1.82, 2.24) is 4.90 Å². The summed E-state index contributed by atoms with van der Waals surface area (Å²) in [6.07, 6.45) is 0.327. The lowest BCUT2D eigenvalue weighted by Crippen LogP contribution is -2.46. The molecule has 0 N–H and O–H groups in total. The van der Waals surface area contributed by atoms with Crippen LogP contribution in [0.25, 0.3) is 0 Å². The second-order valence-corrected chi connectivity index (χ2v) is 6.66. The summed E-state index contributed by atoms with van der Waals surface area (Å²) >= 11 is 0. The summed E-state index contributed by atoms with van der Waals surface area (Å²) in [5.74, 6) is 0.00793. The van der Waals surface area contributed by atoms with Gasteiger partial charge in [0.2, 0.25) is 9.05 Å². The number of morpholine rings is 1. The summed E-state index contributed by atoms with van der Waals surface area (Å²) in [4.78, 5) is 2.07. The largest absolute Gasteiger partial charge is 0.373 e. The maximum Gasteiger partial charge on any atom is 0.233 e. The van der Waals surface area contributed by atoms with Crippen LogP contribution >= 0.6 is 10.7 Å². The molecule has 1 fully saturated rings. The minimum Gasteiger partial charge on any atom is -0.373 e. The minimum absolute atomic E-state index is 0.00793. The van der Waals surface area contributed by atoms with Gasteiger partial charge in [-0.3, -0.25) is 4.90 Å². The Bertz CT molecular complexity index is 270. The Hall–Kier alpha value is 0.160. The third-order valence-electron chi connectivity index (χ3n) is 2.15. The first-order valence-electron chi connectivity index (χ1n) is 4.67. The minimum atomic E-state index is -3.37. The molecule has 84 valence electrons. The summed E-state index contributed by atoms with van der Waals surface area (Å²) < 4.78 is 27.0. The highest BCUT2D eigenvalue weighted by Gasteiger charge is 2.22. The number of nitrogens with zero attached hydrogens (tertiary/aromatic N) is 1. The Morgan fingerprint density at radius 3 is 2.29 bits per heavy atom. The van der Waals surface area contributed by atoms with E-state index in [0.29, 0.717) is 6.54 Å². The monoisotopic (exact) mass is 241 g/mol. The van der Waals surface area contributed by atoms with Crippen molar-refractivity contribution in [3.8, 4) is 0 Å². The topological polar surface area (TPSA) is 46.6 Å². The quantitative estimate of drug-likeness (QED) is 0.682. The molecule has 1 aliphatic rings. The standard InChI is InChI=1S/C8H16ClNO3S/c1-7-5-10(6-8(2)13-7)3-4-14(9,11)12/h7-8H,3-6H2,1-2H3. The van der Waals surface area contributed by atoms with Gasteiger partial charge in [0.15, 0.2) is 0 Å². The van der Waals surface area contributed by atoms with Crippen LogP contribution in [0.4, 0.5) is 0 Å². The van der Waals surface area contributed by atoms with Crippen molar-refractivity contribution in [2.24, 2.45) is 0 Å². The van der Waals surface area contributed by atoms with Crippen LogP contribution in [-0.4, -0.2) is 50.9 Å². The van der Waals surface area contributed by atoms with Crippen molar-refractivity contribution in [3.63, 3.8) is 0 Å². The Balaban J connectivity index is 2.38. The first kappa shape index (κ1) is 12.2. The number of hydrogen-bond acceptors (Lipinski definition) is 4. The van der Waals surface area contributed by atoms with Gasteiger partial charge in [-0.05, 0) is 13.8 Å². The van der Waals surface area contributed by atoms with E-state index in [2.05, 4.69) is 4.90 Å². The maximum absolute atomic E-state index is 10.7. The molecule has 4 nitrogen and oxygen atoms in total. The summed E-state index contributed by atoms with van der Waals surface area (Å²) in [5.41, 5.74) is 0. The zero-order valence-electron chi connectivity index (χ0n) is 8.44. The maximum atomic E-state index is 10.7. The molecule has 0 aromatic heterocycles. The van der Waals surface area contributed by atoms with Gasteiger partial charge >= 0.3 is 0 Å². The van der Waals surface area contributed by atoms with Crippen LogP contribution in [0, 0.1) is 0 Å². The van der Waals surface area contributed by atoms with Crippen LogP contribution in [-0.2, 0) is 13.8 Å². The molecule has 0 aromatic rings. The molecule has 1 aliphatic heterocycles. The van der Waals surface area contributed by atoms with Gasteiger partial charge in [-0.15, -0.1) is 0 Å². The average molecular weight is 242 g/mol. The molecule has 1 saturated heterocycles. The van der Waals surface area contributed by atoms with Crippen LogP contribution in [0.5, 0.6) is 0 Å². The molecule has 0 radical (unpaired) electrons. The van der Waals surface area contributed by atoms with E-state index in [9.17, 15) is 8.42 Å². The molecule has 0 amide bonds. The van der Waals surface area contributed by atoms with E-state index in [1.165, 1.54) is 0 Å². The average Bonchev–Trinajstić information content (AvgIpc) is 1.97. The molecule has 0 spiro atoms. The van der Waals surface area contributed by atoms with E-state index in [1.54, 1.807) is 0 Å². The normalized spacial score (nSPS) is 30.5. The van der Waals surface area contributed by atoms with E-state index >= 15 is 0 Å². The molecule has 1 heterocycles. The molecular formula is C8H16ClNO3S. The summed E-state index contributed by atoms with van der Waals surface area (Å²) in [6.45, 7) is 6.01. The van der Waals surface area contributed by atoms with Crippen molar-refractivity contribution in [2.75, 3.05) is 25.4 Å². The van der Waals surface area contributed by atoms with Crippen molar-refractivity contribution >= 4 is 19.7 Å². The third-order valence-corrected chi connectivity index (χ3v) is 3.28. The molecular weight excluding hydrogens is 226 g/mol. The Kier molecular flexibility index (Phi) is 4.18. The predicted molar refractivity (Wildman–Crippen MR) is 56.1 cm³/mol. The van der Waals surface area contributed by atoms with Gasteiger partial charge < -0.3 is 4.74 Å². The van der Waals surface area contributed by atoms with Gasteiger partial charge in [0.25, 0.3) is 0 Å². The number of halogens is 1. The van der Waals surface area contributed by atoms with Crippen molar-refractivity contribution in [2.45, 2.75) is 26.1 Å². The summed E-state index contributed by atoms with van der Waals surface area (Å²) in [5, 5.41) is 0. The fraction of sp³-hybridized carbons (Fsp3) is 1.00. The molecule has 2 atom stereocenters. The molecule has 14 heavy (non-hydrogen) atoms. The highest BCUT2D eigenvalue weighted by atomic mass is 35.7.